The summed E-state index contributed by atoms with van der Waals surface area (Å²) in [4.78, 5) is 20.4. The highest BCUT2D eigenvalue weighted by atomic mass is 16.5. The summed E-state index contributed by atoms with van der Waals surface area (Å²) in [6, 6.07) is 16.7. The van der Waals surface area contributed by atoms with Gasteiger partial charge in [0.05, 0.1) is 18.7 Å². The zero-order valence-electron chi connectivity index (χ0n) is 20.7. The van der Waals surface area contributed by atoms with Gasteiger partial charge in [-0.2, -0.15) is 0 Å². The third kappa shape index (κ3) is 6.45. The molecule has 1 heterocycles. The maximum Gasteiger partial charge on any atom is 0.303 e. The van der Waals surface area contributed by atoms with Gasteiger partial charge in [-0.15, -0.1) is 0 Å². The minimum atomic E-state index is -0.732. The van der Waals surface area contributed by atoms with E-state index in [0.717, 1.165) is 67.0 Å². The third-order valence-corrected chi connectivity index (χ3v) is 6.78. The number of aliphatic carboxylic acids is 1. The number of hydrogen-bond acceptors (Lipinski definition) is 5. The lowest BCUT2D eigenvalue weighted by Gasteiger charge is -2.17. The minimum Gasteiger partial charge on any atom is -0.494 e. The predicted octanol–water partition coefficient (Wildman–Crippen LogP) is 5.72. The highest BCUT2D eigenvalue weighted by Gasteiger charge is 2.24. The Labute approximate surface area is 207 Å². The molecule has 1 aliphatic rings. The van der Waals surface area contributed by atoms with Crippen LogP contribution in [0.1, 0.15) is 73.9 Å². The number of benzene rings is 2. The van der Waals surface area contributed by atoms with Crippen LogP contribution in [0.2, 0.25) is 0 Å². The second kappa shape index (κ2) is 11.9. The van der Waals surface area contributed by atoms with E-state index in [1.165, 1.54) is 11.1 Å². The molecule has 0 saturated heterocycles. The summed E-state index contributed by atoms with van der Waals surface area (Å²) >= 11 is 0. The van der Waals surface area contributed by atoms with Gasteiger partial charge < -0.3 is 15.2 Å². The summed E-state index contributed by atoms with van der Waals surface area (Å²) in [5.74, 6) is 1.02. The summed E-state index contributed by atoms with van der Waals surface area (Å²) in [5, 5.41) is 12.7. The molecule has 2 aromatic carbocycles. The molecule has 3 aromatic rings. The quantitative estimate of drug-likeness (QED) is 0.327. The van der Waals surface area contributed by atoms with E-state index in [1.807, 2.05) is 24.4 Å². The molecule has 2 N–H and O–H groups in total. The van der Waals surface area contributed by atoms with Crippen molar-refractivity contribution in [3.8, 4) is 17.1 Å². The predicted molar refractivity (Wildman–Crippen MR) is 138 cm³/mol. The molecule has 0 saturated carbocycles. The maximum absolute atomic E-state index is 11.1. The number of rotatable bonds is 12. The number of hydrogen-bond donors (Lipinski definition) is 2. The van der Waals surface area contributed by atoms with Crippen LogP contribution in [0, 0.1) is 0 Å². The van der Waals surface area contributed by atoms with Crippen molar-refractivity contribution >= 4 is 5.97 Å². The smallest absolute Gasteiger partial charge is 0.303 e. The normalized spacial score (nSPS) is 15.5. The highest BCUT2D eigenvalue weighted by molar-refractivity contribution is 5.68. The molecule has 1 aliphatic carbocycles. The van der Waals surface area contributed by atoms with Crippen molar-refractivity contribution in [2.24, 2.45) is 0 Å². The first-order chi connectivity index (χ1) is 17.1. The van der Waals surface area contributed by atoms with Gasteiger partial charge in [0, 0.05) is 17.8 Å². The van der Waals surface area contributed by atoms with E-state index in [4.69, 9.17) is 14.8 Å². The number of ether oxygens (including phenoxy) is 1. The molecule has 0 aliphatic heterocycles. The largest absolute Gasteiger partial charge is 0.494 e. The number of fused-ring (bicyclic) bond motifs is 1. The van der Waals surface area contributed by atoms with Gasteiger partial charge in [0.25, 0.3) is 0 Å². The number of aromatic nitrogens is 2. The molecule has 6 heteroatoms. The van der Waals surface area contributed by atoms with Gasteiger partial charge in [-0.1, -0.05) is 44.2 Å². The van der Waals surface area contributed by atoms with Gasteiger partial charge >= 0.3 is 5.97 Å². The van der Waals surface area contributed by atoms with Gasteiger partial charge in [-0.05, 0) is 79.5 Å². The first-order valence-electron chi connectivity index (χ1n) is 12.7. The van der Waals surface area contributed by atoms with E-state index in [1.54, 1.807) is 0 Å². The van der Waals surface area contributed by atoms with Crippen molar-refractivity contribution in [1.29, 1.82) is 0 Å². The molecule has 0 spiro atoms. The number of nitrogens with one attached hydrogen (secondary N) is 1. The van der Waals surface area contributed by atoms with E-state index in [9.17, 15) is 4.79 Å². The lowest BCUT2D eigenvalue weighted by atomic mass is 9.98. The van der Waals surface area contributed by atoms with Crippen molar-refractivity contribution in [2.75, 3.05) is 13.2 Å². The summed E-state index contributed by atoms with van der Waals surface area (Å²) < 4.78 is 5.98. The van der Waals surface area contributed by atoms with E-state index >= 15 is 0 Å². The van der Waals surface area contributed by atoms with Crippen LogP contribution in [-0.2, 0) is 17.6 Å². The Hall–Kier alpha value is -3.25. The zero-order chi connectivity index (χ0) is 24.6. The van der Waals surface area contributed by atoms with Crippen molar-refractivity contribution in [3.05, 3.63) is 77.1 Å². The molecule has 0 bridgehead atoms. The van der Waals surface area contributed by atoms with Crippen molar-refractivity contribution in [2.45, 2.75) is 64.3 Å². The van der Waals surface area contributed by atoms with Crippen molar-refractivity contribution < 1.29 is 14.6 Å². The Morgan fingerprint density at radius 2 is 2.00 bits per heavy atom. The van der Waals surface area contributed by atoms with E-state index < -0.39 is 5.97 Å². The van der Waals surface area contributed by atoms with Crippen molar-refractivity contribution in [1.82, 2.24) is 15.3 Å². The number of aryl methyl sites for hydroxylation is 2. The topological polar surface area (TPSA) is 84.3 Å². The van der Waals surface area contributed by atoms with Crippen LogP contribution in [0.3, 0.4) is 0 Å². The molecule has 2 atom stereocenters. The van der Waals surface area contributed by atoms with E-state index in [-0.39, 0.29) is 18.4 Å². The van der Waals surface area contributed by atoms with Gasteiger partial charge in [-0.25, -0.2) is 9.97 Å². The molecule has 0 fully saturated rings. The van der Waals surface area contributed by atoms with Crippen LogP contribution < -0.4 is 10.1 Å². The summed E-state index contributed by atoms with van der Waals surface area (Å²) in [6.45, 7) is 5.77. The highest BCUT2D eigenvalue weighted by Crippen LogP contribution is 2.37. The second-order valence-electron chi connectivity index (χ2n) is 9.17. The fourth-order valence-electron chi connectivity index (χ4n) is 4.79. The first kappa shape index (κ1) is 24.9. The Morgan fingerprint density at radius 3 is 2.74 bits per heavy atom. The number of carboxylic acid groups (broad SMARTS) is 1. The fourth-order valence-corrected chi connectivity index (χ4v) is 4.79. The second-order valence-corrected chi connectivity index (χ2v) is 9.17. The first-order valence-corrected chi connectivity index (χ1v) is 12.7. The Balaban J connectivity index is 1.26. The molecule has 1 aromatic heterocycles. The Morgan fingerprint density at radius 1 is 1.17 bits per heavy atom. The summed E-state index contributed by atoms with van der Waals surface area (Å²) in [5.41, 5.74) is 5.74. The van der Waals surface area contributed by atoms with E-state index in [2.05, 4.69) is 54.5 Å². The van der Waals surface area contributed by atoms with Crippen LogP contribution in [-0.4, -0.2) is 34.2 Å². The van der Waals surface area contributed by atoms with Crippen molar-refractivity contribution in [3.63, 3.8) is 0 Å². The van der Waals surface area contributed by atoms with Crippen LogP contribution in [0.25, 0.3) is 11.4 Å². The van der Waals surface area contributed by atoms with Gasteiger partial charge in [0.1, 0.15) is 5.75 Å². The summed E-state index contributed by atoms with van der Waals surface area (Å²) in [6.07, 6.45) is 6.72. The number of carbonyl (C=O) groups is 1. The molecule has 4 rings (SSSR count). The maximum atomic E-state index is 11.1. The Kier molecular flexibility index (Phi) is 8.48. The monoisotopic (exact) mass is 473 g/mol. The fraction of sp³-hybridized carbons (Fsp3) is 0.414. The third-order valence-electron chi connectivity index (χ3n) is 6.78. The Bertz CT molecular complexity index is 1130. The zero-order valence-corrected chi connectivity index (χ0v) is 20.7. The van der Waals surface area contributed by atoms with Crippen LogP contribution in [0.15, 0.2) is 54.7 Å². The SMILES string of the molecule is CCc1ccc(-c2nccc(C(CC)NCCCOc3ccc4c(c3)CC[C@H]4CC(=O)O)n2)cc1. The number of carboxylic acids is 1. The molecular formula is C29H35N3O3. The lowest BCUT2D eigenvalue weighted by Crippen LogP contribution is -2.24. The standard InChI is InChI=1S/C29H35N3O3/c1-3-20-6-8-21(9-7-20)29-31-16-14-27(32-29)26(4-2)30-15-5-17-35-24-12-13-25-22(18-24)10-11-23(25)19-28(33)34/h6-9,12-14,16,18,23,26,30H,3-5,10-11,15,17,19H2,1-2H3,(H,33,34)/t23-,26?/m0/s1. The molecule has 184 valence electrons. The average Bonchev–Trinajstić information content (AvgIpc) is 3.27. The summed E-state index contributed by atoms with van der Waals surface area (Å²) in [7, 11) is 0. The lowest BCUT2D eigenvalue weighted by molar-refractivity contribution is -0.137. The average molecular weight is 474 g/mol. The molecular weight excluding hydrogens is 438 g/mol. The number of nitrogens with zero attached hydrogens (tertiary/aromatic N) is 2. The molecule has 0 radical (unpaired) electrons. The molecule has 0 amide bonds. The van der Waals surface area contributed by atoms with Gasteiger partial charge in [0.15, 0.2) is 5.82 Å². The van der Waals surface area contributed by atoms with Crippen LogP contribution in [0.5, 0.6) is 5.75 Å². The van der Waals surface area contributed by atoms with Crippen LogP contribution >= 0.6 is 0 Å². The molecule has 6 nitrogen and oxygen atoms in total. The van der Waals surface area contributed by atoms with Gasteiger partial charge in [0.2, 0.25) is 0 Å². The molecule has 1 unspecified atom stereocenters. The van der Waals surface area contributed by atoms with Crippen LogP contribution in [0.4, 0.5) is 0 Å². The van der Waals surface area contributed by atoms with Gasteiger partial charge in [-0.3, -0.25) is 4.79 Å². The van der Waals surface area contributed by atoms with E-state index in [0.29, 0.717) is 6.61 Å². The minimum absolute atomic E-state index is 0.129. The molecule has 35 heavy (non-hydrogen) atoms.